The van der Waals surface area contributed by atoms with Gasteiger partial charge in [-0.05, 0) is 118 Å². The summed E-state index contributed by atoms with van der Waals surface area (Å²) in [6.07, 6.45) is 16.6. The van der Waals surface area contributed by atoms with Gasteiger partial charge in [-0.3, -0.25) is 0 Å². The van der Waals surface area contributed by atoms with Crippen molar-refractivity contribution in [3.63, 3.8) is 0 Å². The minimum atomic E-state index is -0.473. The molecule has 0 aromatic rings. The first-order chi connectivity index (χ1) is 13.6. The van der Waals surface area contributed by atoms with E-state index < -0.39 is 5.60 Å². The van der Waals surface area contributed by atoms with Crippen molar-refractivity contribution in [2.75, 3.05) is 0 Å². The van der Waals surface area contributed by atoms with Crippen molar-refractivity contribution in [2.45, 2.75) is 111 Å². The summed E-state index contributed by atoms with van der Waals surface area (Å²) in [5.74, 6) is 4.44. The molecule has 0 aromatic carbocycles. The first-order valence-electron chi connectivity index (χ1n) is 12.6. The molecule has 0 saturated heterocycles. The first kappa shape index (κ1) is 21.7. The molecule has 1 nitrogen and oxygen atoms in total. The third-order valence-electron chi connectivity index (χ3n) is 10.4. The Hall–Kier alpha value is -0.560. The van der Waals surface area contributed by atoms with E-state index in [0.717, 1.165) is 42.4 Å². The molecule has 0 heterocycles. The highest BCUT2D eigenvalue weighted by Crippen LogP contribution is 2.67. The standard InChI is InChI=1S/C28H46O/c1-19(2)8-7-9-20(3)23-12-13-24-22-11-10-21-18-26(4,29)16-17-27(21,5)25(22)14-15-28(23,24)6/h10,20,22-25,29H,1,7-9,11-18H2,2-6H3/t20-,22+,23-,24+,25+,26+,27+,28-/m1/s1. The molecule has 3 saturated carbocycles. The highest BCUT2D eigenvalue weighted by Gasteiger charge is 2.59. The number of allylic oxidation sites excluding steroid dienone is 2. The monoisotopic (exact) mass is 398 g/mol. The van der Waals surface area contributed by atoms with E-state index in [-0.39, 0.29) is 0 Å². The molecule has 0 aromatic heterocycles. The summed E-state index contributed by atoms with van der Waals surface area (Å²) in [6.45, 7) is 16.1. The predicted octanol–water partition coefficient (Wildman–Crippen LogP) is 7.70. The molecule has 29 heavy (non-hydrogen) atoms. The second-order valence-electron chi connectivity index (χ2n) is 12.5. The van der Waals surface area contributed by atoms with Gasteiger partial charge in [0.15, 0.2) is 0 Å². The summed E-state index contributed by atoms with van der Waals surface area (Å²) in [4.78, 5) is 0. The fraction of sp³-hybridized carbons (Fsp3) is 0.857. The maximum atomic E-state index is 10.7. The van der Waals surface area contributed by atoms with Crippen molar-refractivity contribution in [1.29, 1.82) is 0 Å². The molecule has 4 aliphatic rings. The van der Waals surface area contributed by atoms with Gasteiger partial charge in [-0.1, -0.05) is 44.4 Å². The Morgan fingerprint density at radius 1 is 1.14 bits per heavy atom. The van der Waals surface area contributed by atoms with Crippen molar-refractivity contribution in [3.8, 4) is 0 Å². The summed E-state index contributed by atoms with van der Waals surface area (Å²) in [5, 5.41) is 10.7. The molecular weight excluding hydrogens is 352 g/mol. The zero-order valence-electron chi connectivity index (χ0n) is 19.9. The summed E-state index contributed by atoms with van der Waals surface area (Å²) in [7, 11) is 0. The highest BCUT2D eigenvalue weighted by atomic mass is 16.3. The maximum absolute atomic E-state index is 10.7. The van der Waals surface area contributed by atoms with Crippen LogP contribution in [0.25, 0.3) is 0 Å². The summed E-state index contributed by atoms with van der Waals surface area (Å²) >= 11 is 0. The van der Waals surface area contributed by atoms with Crippen LogP contribution in [0.3, 0.4) is 0 Å². The molecule has 0 radical (unpaired) electrons. The lowest BCUT2D eigenvalue weighted by atomic mass is 9.46. The van der Waals surface area contributed by atoms with Gasteiger partial charge >= 0.3 is 0 Å². The summed E-state index contributed by atoms with van der Waals surface area (Å²) in [5.41, 5.74) is 3.39. The third-order valence-corrected chi connectivity index (χ3v) is 10.4. The van der Waals surface area contributed by atoms with Crippen LogP contribution in [-0.4, -0.2) is 10.7 Å². The second-order valence-corrected chi connectivity index (χ2v) is 12.5. The Kier molecular flexibility index (Phi) is 5.63. The van der Waals surface area contributed by atoms with Crippen molar-refractivity contribution < 1.29 is 5.11 Å². The van der Waals surface area contributed by atoms with Crippen LogP contribution in [0.15, 0.2) is 23.8 Å². The fourth-order valence-corrected chi connectivity index (χ4v) is 8.71. The van der Waals surface area contributed by atoms with Crippen molar-refractivity contribution >= 4 is 0 Å². The van der Waals surface area contributed by atoms with Gasteiger partial charge in [0, 0.05) is 0 Å². The van der Waals surface area contributed by atoms with E-state index in [0.29, 0.717) is 10.8 Å². The molecule has 3 fully saturated rings. The Bertz CT molecular complexity index is 672. The topological polar surface area (TPSA) is 20.2 Å². The molecule has 4 rings (SSSR count). The minimum Gasteiger partial charge on any atom is -0.390 e. The molecule has 8 atom stereocenters. The molecular formula is C28H46O. The van der Waals surface area contributed by atoms with E-state index in [9.17, 15) is 5.11 Å². The van der Waals surface area contributed by atoms with Gasteiger partial charge in [0.05, 0.1) is 5.60 Å². The molecule has 1 heteroatoms. The van der Waals surface area contributed by atoms with Crippen molar-refractivity contribution in [3.05, 3.63) is 23.8 Å². The van der Waals surface area contributed by atoms with Crippen LogP contribution in [-0.2, 0) is 0 Å². The van der Waals surface area contributed by atoms with E-state index in [4.69, 9.17) is 0 Å². The highest BCUT2D eigenvalue weighted by molar-refractivity contribution is 5.26. The molecule has 164 valence electrons. The van der Waals surface area contributed by atoms with E-state index >= 15 is 0 Å². The number of fused-ring (bicyclic) bond motifs is 5. The average molecular weight is 399 g/mol. The lowest BCUT2D eigenvalue weighted by Crippen LogP contribution is -2.52. The summed E-state index contributed by atoms with van der Waals surface area (Å²) in [6, 6.07) is 0. The van der Waals surface area contributed by atoms with Crippen molar-refractivity contribution in [2.24, 2.45) is 40.4 Å². The lowest BCUT2D eigenvalue weighted by molar-refractivity contribution is -0.0705. The van der Waals surface area contributed by atoms with Crippen LogP contribution >= 0.6 is 0 Å². The summed E-state index contributed by atoms with van der Waals surface area (Å²) < 4.78 is 0. The van der Waals surface area contributed by atoms with Gasteiger partial charge in [0.2, 0.25) is 0 Å². The number of hydrogen-bond acceptors (Lipinski definition) is 1. The Labute approximate surface area is 180 Å². The van der Waals surface area contributed by atoms with Crippen LogP contribution in [0, 0.1) is 40.4 Å². The van der Waals surface area contributed by atoms with Crippen LogP contribution in [0.1, 0.15) is 105 Å². The number of hydrogen-bond donors (Lipinski definition) is 1. The quantitative estimate of drug-likeness (QED) is 0.470. The largest absolute Gasteiger partial charge is 0.390 e. The Morgan fingerprint density at radius 2 is 1.90 bits per heavy atom. The van der Waals surface area contributed by atoms with E-state index in [2.05, 4.69) is 40.3 Å². The average Bonchev–Trinajstić information content (AvgIpc) is 2.99. The van der Waals surface area contributed by atoms with Gasteiger partial charge in [-0.2, -0.15) is 0 Å². The van der Waals surface area contributed by atoms with Gasteiger partial charge in [0.1, 0.15) is 0 Å². The molecule has 4 aliphatic carbocycles. The molecule has 0 aliphatic heterocycles. The molecule has 1 N–H and O–H groups in total. The van der Waals surface area contributed by atoms with Gasteiger partial charge in [-0.25, -0.2) is 0 Å². The third kappa shape index (κ3) is 3.68. The van der Waals surface area contributed by atoms with Crippen LogP contribution in [0.4, 0.5) is 0 Å². The lowest BCUT2D eigenvalue weighted by Gasteiger charge is -2.59. The van der Waals surface area contributed by atoms with Crippen LogP contribution in [0.2, 0.25) is 0 Å². The van der Waals surface area contributed by atoms with Crippen molar-refractivity contribution in [1.82, 2.24) is 0 Å². The normalized spacial score (nSPS) is 47.6. The maximum Gasteiger partial charge on any atom is 0.0657 e. The number of aliphatic hydroxyl groups is 1. The number of rotatable bonds is 5. The van der Waals surface area contributed by atoms with E-state index in [1.165, 1.54) is 63.4 Å². The van der Waals surface area contributed by atoms with E-state index in [1.807, 2.05) is 6.92 Å². The van der Waals surface area contributed by atoms with Crippen LogP contribution < -0.4 is 0 Å². The first-order valence-corrected chi connectivity index (χ1v) is 12.6. The smallest absolute Gasteiger partial charge is 0.0657 e. The zero-order valence-corrected chi connectivity index (χ0v) is 19.9. The fourth-order valence-electron chi connectivity index (χ4n) is 8.71. The zero-order chi connectivity index (χ0) is 21.0. The molecule has 0 bridgehead atoms. The van der Waals surface area contributed by atoms with Gasteiger partial charge in [-0.15, -0.1) is 6.58 Å². The predicted molar refractivity (Wildman–Crippen MR) is 124 cm³/mol. The van der Waals surface area contributed by atoms with Crippen LogP contribution in [0.5, 0.6) is 0 Å². The van der Waals surface area contributed by atoms with Gasteiger partial charge < -0.3 is 5.11 Å². The molecule has 0 unspecified atom stereocenters. The Morgan fingerprint density at radius 3 is 2.62 bits per heavy atom. The minimum absolute atomic E-state index is 0.359. The molecule has 0 spiro atoms. The molecule has 0 amide bonds. The van der Waals surface area contributed by atoms with Gasteiger partial charge in [0.25, 0.3) is 0 Å². The van der Waals surface area contributed by atoms with E-state index in [1.54, 1.807) is 5.57 Å². The second kappa shape index (κ2) is 7.54. The Balaban J connectivity index is 1.50. The SMILES string of the molecule is C=C(C)CCC[C@@H](C)[C@H]1CC[C@H]2[C@@H]3CC=C4C[C@@](C)(O)CC[C@]4(C)[C@H]3CC[C@]12C.